The maximum absolute atomic E-state index is 10.6. The van der Waals surface area contributed by atoms with Gasteiger partial charge in [-0.1, -0.05) is 0 Å². The fourth-order valence-corrected chi connectivity index (χ4v) is 3.73. The summed E-state index contributed by atoms with van der Waals surface area (Å²) in [4.78, 5) is 10.6. The standard InChI is InChI=1S/C14H10I2O4/c15-11-5-8(7-13(18)19)6-12(16)14(11)20-10-3-1-9(17)2-4-10/h1-6,17H,7H2,(H,18,19)/p-1. The molecule has 4 nitrogen and oxygen atoms in total. The summed E-state index contributed by atoms with van der Waals surface area (Å²) in [6.45, 7) is 0. The maximum atomic E-state index is 10.6. The minimum atomic E-state index is -1.11. The van der Waals surface area contributed by atoms with E-state index in [9.17, 15) is 15.0 Å². The molecule has 0 spiro atoms. The van der Waals surface area contributed by atoms with E-state index in [2.05, 4.69) is 45.2 Å². The van der Waals surface area contributed by atoms with Gasteiger partial charge in [-0.3, -0.25) is 0 Å². The molecule has 0 aliphatic heterocycles. The molecule has 0 unspecified atom stereocenters. The van der Waals surface area contributed by atoms with Crippen molar-refractivity contribution in [3.05, 3.63) is 49.1 Å². The number of carboxylic acids is 1. The van der Waals surface area contributed by atoms with Crippen LogP contribution in [0.1, 0.15) is 5.56 Å². The molecule has 6 heteroatoms. The number of carbonyl (C=O) groups excluding carboxylic acids is 1. The predicted octanol–water partition coefficient (Wildman–Crippen LogP) is 2.69. The summed E-state index contributed by atoms with van der Waals surface area (Å²) in [6.07, 6.45) is -0.120. The van der Waals surface area contributed by atoms with Crippen LogP contribution in [0, 0.1) is 7.14 Å². The molecule has 0 aromatic heterocycles. The van der Waals surface area contributed by atoms with Crippen LogP contribution in [0.2, 0.25) is 0 Å². The Bertz CT molecular complexity index is 615. The number of aromatic hydroxyl groups is 1. The van der Waals surface area contributed by atoms with Crippen LogP contribution in [0.15, 0.2) is 36.4 Å². The van der Waals surface area contributed by atoms with Gasteiger partial charge in [-0.15, -0.1) is 0 Å². The molecule has 0 aliphatic carbocycles. The first kappa shape index (κ1) is 15.4. The second kappa shape index (κ2) is 6.61. The van der Waals surface area contributed by atoms with E-state index in [1.165, 1.54) is 0 Å². The fraction of sp³-hybridized carbons (Fsp3) is 0.0714. The zero-order chi connectivity index (χ0) is 14.7. The molecule has 0 saturated carbocycles. The SMILES string of the molecule is O=C([O-])Cc1cc(I)c(Oc2ccc(O)cc2)c(I)c1. The summed E-state index contributed by atoms with van der Waals surface area (Å²) in [6, 6.07) is 9.93. The number of hydrogen-bond donors (Lipinski definition) is 1. The third kappa shape index (κ3) is 3.98. The molecule has 104 valence electrons. The van der Waals surface area contributed by atoms with Gasteiger partial charge in [0.2, 0.25) is 0 Å². The van der Waals surface area contributed by atoms with E-state index in [0.717, 1.165) is 7.14 Å². The Morgan fingerprint density at radius 1 is 1.15 bits per heavy atom. The fourth-order valence-electron chi connectivity index (χ4n) is 1.61. The second-order valence-corrected chi connectivity index (χ2v) is 6.36. The summed E-state index contributed by atoms with van der Waals surface area (Å²) < 4.78 is 7.40. The second-order valence-electron chi connectivity index (χ2n) is 4.03. The van der Waals surface area contributed by atoms with Crippen molar-refractivity contribution in [2.45, 2.75) is 6.42 Å². The number of halogens is 2. The lowest BCUT2D eigenvalue weighted by Crippen LogP contribution is -2.24. The number of hydrogen-bond acceptors (Lipinski definition) is 4. The van der Waals surface area contributed by atoms with Crippen LogP contribution in [0.25, 0.3) is 0 Å². The van der Waals surface area contributed by atoms with Crippen LogP contribution in [-0.4, -0.2) is 11.1 Å². The normalized spacial score (nSPS) is 10.3. The number of aliphatic carboxylic acids is 1. The number of phenolic OH excluding ortho intramolecular Hbond substituents is 1. The summed E-state index contributed by atoms with van der Waals surface area (Å²) in [7, 11) is 0. The average Bonchev–Trinajstić information content (AvgIpc) is 2.35. The van der Waals surface area contributed by atoms with E-state index in [-0.39, 0.29) is 12.2 Å². The summed E-state index contributed by atoms with van der Waals surface area (Å²) >= 11 is 4.20. The summed E-state index contributed by atoms with van der Waals surface area (Å²) in [5.74, 6) is 0.333. The Kier molecular flexibility index (Phi) is 5.08. The third-order valence-corrected chi connectivity index (χ3v) is 4.07. The number of ether oxygens (including phenoxy) is 1. The first-order valence-electron chi connectivity index (χ1n) is 5.60. The molecular formula is C14H9I2O4-. The van der Waals surface area contributed by atoms with Gasteiger partial charge in [0.05, 0.1) is 7.14 Å². The van der Waals surface area contributed by atoms with Crippen molar-refractivity contribution in [3.8, 4) is 17.2 Å². The number of carbonyl (C=O) groups is 1. The topological polar surface area (TPSA) is 69.6 Å². The van der Waals surface area contributed by atoms with Crippen molar-refractivity contribution in [1.29, 1.82) is 0 Å². The smallest absolute Gasteiger partial charge is 0.154 e. The molecule has 0 heterocycles. The van der Waals surface area contributed by atoms with Crippen LogP contribution in [-0.2, 0) is 11.2 Å². The van der Waals surface area contributed by atoms with Gasteiger partial charge in [-0.2, -0.15) is 0 Å². The van der Waals surface area contributed by atoms with Gasteiger partial charge in [0, 0.05) is 12.4 Å². The Balaban J connectivity index is 2.28. The van der Waals surface area contributed by atoms with Crippen molar-refractivity contribution in [2.24, 2.45) is 0 Å². The zero-order valence-corrected chi connectivity index (χ0v) is 14.4. The molecule has 2 aromatic carbocycles. The van der Waals surface area contributed by atoms with Crippen molar-refractivity contribution in [2.75, 3.05) is 0 Å². The van der Waals surface area contributed by atoms with E-state index in [0.29, 0.717) is 17.1 Å². The Morgan fingerprint density at radius 2 is 1.70 bits per heavy atom. The van der Waals surface area contributed by atoms with Crippen molar-refractivity contribution >= 4 is 51.2 Å². The molecule has 0 amide bonds. The van der Waals surface area contributed by atoms with Gasteiger partial charge in [0.1, 0.15) is 11.5 Å². The molecule has 0 aliphatic rings. The molecule has 0 fully saturated rings. The number of carboxylic acid groups (broad SMARTS) is 1. The van der Waals surface area contributed by atoms with Gasteiger partial charge in [0.25, 0.3) is 0 Å². The first-order chi connectivity index (χ1) is 9.45. The number of benzene rings is 2. The average molecular weight is 495 g/mol. The highest BCUT2D eigenvalue weighted by molar-refractivity contribution is 14.1. The quantitative estimate of drug-likeness (QED) is 0.663. The minimum Gasteiger partial charge on any atom is -0.550 e. The Morgan fingerprint density at radius 3 is 2.20 bits per heavy atom. The zero-order valence-electron chi connectivity index (χ0n) is 10.1. The lowest BCUT2D eigenvalue weighted by Gasteiger charge is -2.12. The van der Waals surface area contributed by atoms with Crippen LogP contribution in [0.3, 0.4) is 0 Å². The van der Waals surface area contributed by atoms with E-state index in [1.807, 2.05) is 0 Å². The summed E-state index contributed by atoms with van der Waals surface area (Å²) in [5.41, 5.74) is 0.678. The highest BCUT2D eigenvalue weighted by Crippen LogP contribution is 2.33. The molecule has 20 heavy (non-hydrogen) atoms. The number of rotatable bonds is 4. The summed E-state index contributed by atoms with van der Waals surface area (Å²) in [5, 5.41) is 19.9. The molecule has 2 aromatic rings. The van der Waals surface area contributed by atoms with Crippen molar-refractivity contribution in [1.82, 2.24) is 0 Å². The minimum absolute atomic E-state index is 0.120. The monoisotopic (exact) mass is 495 g/mol. The van der Waals surface area contributed by atoms with E-state index in [4.69, 9.17) is 4.74 Å². The van der Waals surface area contributed by atoms with Crippen LogP contribution >= 0.6 is 45.2 Å². The van der Waals surface area contributed by atoms with Crippen LogP contribution in [0.5, 0.6) is 17.2 Å². The third-order valence-electron chi connectivity index (χ3n) is 2.46. The van der Waals surface area contributed by atoms with E-state index >= 15 is 0 Å². The van der Waals surface area contributed by atoms with Gasteiger partial charge in [-0.25, -0.2) is 0 Å². The molecule has 0 saturated heterocycles. The highest BCUT2D eigenvalue weighted by Gasteiger charge is 2.10. The highest BCUT2D eigenvalue weighted by atomic mass is 127. The van der Waals surface area contributed by atoms with E-state index in [1.54, 1.807) is 36.4 Å². The van der Waals surface area contributed by atoms with E-state index < -0.39 is 5.97 Å². The largest absolute Gasteiger partial charge is 0.550 e. The lowest BCUT2D eigenvalue weighted by atomic mass is 10.1. The first-order valence-corrected chi connectivity index (χ1v) is 7.76. The lowest BCUT2D eigenvalue weighted by molar-refractivity contribution is -0.304. The molecule has 0 atom stereocenters. The molecule has 0 bridgehead atoms. The molecule has 0 radical (unpaired) electrons. The molecule has 1 N–H and O–H groups in total. The Labute approximate surface area is 143 Å². The van der Waals surface area contributed by atoms with Gasteiger partial charge in [0.15, 0.2) is 5.75 Å². The van der Waals surface area contributed by atoms with Gasteiger partial charge < -0.3 is 19.7 Å². The van der Waals surface area contributed by atoms with Crippen LogP contribution in [0.4, 0.5) is 0 Å². The van der Waals surface area contributed by atoms with Gasteiger partial charge in [-0.05, 0) is 87.1 Å². The van der Waals surface area contributed by atoms with Crippen molar-refractivity contribution < 1.29 is 19.7 Å². The predicted molar refractivity (Wildman–Crippen MR) is 88.8 cm³/mol. The van der Waals surface area contributed by atoms with Crippen LogP contribution < -0.4 is 9.84 Å². The van der Waals surface area contributed by atoms with Gasteiger partial charge >= 0.3 is 0 Å². The molecule has 2 rings (SSSR count). The number of phenols is 1. The maximum Gasteiger partial charge on any atom is 0.154 e. The van der Waals surface area contributed by atoms with Crippen molar-refractivity contribution in [3.63, 3.8) is 0 Å². The molecular weight excluding hydrogens is 486 g/mol. The Hall–Kier alpha value is -1.03.